The van der Waals surface area contributed by atoms with Crippen molar-refractivity contribution in [2.45, 2.75) is 4.34 Å². The molecule has 3 aromatic heterocycles. The number of ether oxygens (including phenoxy) is 2. The Morgan fingerprint density at radius 1 is 1.22 bits per heavy atom. The van der Waals surface area contributed by atoms with Crippen LogP contribution in [0.2, 0.25) is 0 Å². The Balaban J connectivity index is 1.88. The second kappa shape index (κ2) is 5.47. The smallest absolute Gasteiger partial charge is 0.213 e. The van der Waals surface area contributed by atoms with Crippen molar-refractivity contribution >= 4 is 39.0 Å². The zero-order valence-electron chi connectivity index (χ0n) is 12.7. The molecule has 0 unspecified atom stereocenters. The molecule has 1 aromatic carbocycles. The van der Waals surface area contributed by atoms with Crippen molar-refractivity contribution in [3.05, 3.63) is 24.4 Å². The number of imidazole rings is 1. The summed E-state index contributed by atoms with van der Waals surface area (Å²) in [6.45, 7) is 0. The minimum absolute atomic E-state index is 0.649. The van der Waals surface area contributed by atoms with Gasteiger partial charge >= 0.3 is 0 Å². The molecule has 0 saturated carbocycles. The summed E-state index contributed by atoms with van der Waals surface area (Å²) in [5.41, 5.74) is 1.38. The van der Waals surface area contributed by atoms with Crippen LogP contribution in [0, 0.1) is 0 Å². The molecule has 0 amide bonds. The molecular formula is C15H13N3O3S2. The maximum absolute atomic E-state index is 5.96. The van der Waals surface area contributed by atoms with Crippen molar-refractivity contribution in [2.75, 3.05) is 20.5 Å². The first-order valence-electron chi connectivity index (χ1n) is 6.78. The monoisotopic (exact) mass is 347 g/mol. The van der Waals surface area contributed by atoms with Crippen LogP contribution >= 0.6 is 23.1 Å². The van der Waals surface area contributed by atoms with Crippen molar-refractivity contribution in [3.8, 4) is 23.0 Å². The molecule has 0 fully saturated rings. The highest BCUT2D eigenvalue weighted by molar-refractivity contribution is 8.00. The predicted octanol–water partition coefficient (Wildman–Crippen LogP) is 3.94. The number of methoxy groups -OCH3 is 2. The Bertz CT molecular complexity index is 930. The fraction of sp³-hybridized carbons (Fsp3) is 0.200. The van der Waals surface area contributed by atoms with Gasteiger partial charge in [-0.3, -0.25) is 0 Å². The fourth-order valence-electron chi connectivity index (χ4n) is 2.42. The Morgan fingerprint density at radius 3 is 2.70 bits per heavy atom. The van der Waals surface area contributed by atoms with E-state index in [-0.39, 0.29) is 0 Å². The van der Waals surface area contributed by atoms with Crippen molar-refractivity contribution in [3.63, 3.8) is 0 Å². The summed E-state index contributed by atoms with van der Waals surface area (Å²) < 4.78 is 19.5. The zero-order chi connectivity index (χ0) is 16.0. The maximum atomic E-state index is 5.96. The van der Waals surface area contributed by atoms with Crippen LogP contribution in [0.4, 0.5) is 0 Å². The van der Waals surface area contributed by atoms with Crippen LogP contribution in [-0.2, 0) is 0 Å². The van der Waals surface area contributed by atoms with Gasteiger partial charge in [-0.1, -0.05) is 23.1 Å². The van der Waals surface area contributed by atoms with Crippen LogP contribution in [0.5, 0.6) is 11.5 Å². The second-order valence-corrected chi connectivity index (χ2v) is 6.76. The van der Waals surface area contributed by atoms with Gasteiger partial charge in [0.25, 0.3) is 0 Å². The lowest BCUT2D eigenvalue weighted by atomic mass is 10.2. The first-order valence-corrected chi connectivity index (χ1v) is 8.82. The third kappa shape index (κ3) is 2.25. The minimum Gasteiger partial charge on any atom is -0.496 e. The number of hydrogen-bond donors (Lipinski definition) is 0. The average molecular weight is 347 g/mol. The van der Waals surface area contributed by atoms with E-state index in [0.717, 1.165) is 26.1 Å². The molecule has 8 heteroatoms. The largest absolute Gasteiger partial charge is 0.496 e. The number of rotatable bonds is 4. The number of furan rings is 1. The maximum Gasteiger partial charge on any atom is 0.213 e. The van der Waals surface area contributed by atoms with Gasteiger partial charge in [0.2, 0.25) is 4.96 Å². The van der Waals surface area contributed by atoms with E-state index >= 15 is 0 Å². The molecule has 0 saturated heterocycles. The van der Waals surface area contributed by atoms with E-state index in [1.54, 1.807) is 41.8 Å². The molecule has 0 aliphatic rings. The number of aromatic nitrogens is 3. The highest BCUT2D eigenvalue weighted by Gasteiger charge is 2.17. The minimum atomic E-state index is 0.649. The number of benzene rings is 1. The van der Waals surface area contributed by atoms with E-state index in [4.69, 9.17) is 13.9 Å². The average Bonchev–Trinajstić information content (AvgIpc) is 3.25. The van der Waals surface area contributed by atoms with Crippen LogP contribution in [0.1, 0.15) is 0 Å². The van der Waals surface area contributed by atoms with E-state index in [9.17, 15) is 0 Å². The van der Waals surface area contributed by atoms with Crippen LogP contribution in [0.25, 0.3) is 27.4 Å². The Hall–Kier alpha value is -2.19. The van der Waals surface area contributed by atoms with E-state index < -0.39 is 0 Å². The lowest BCUT2D eigenvalue weighted by molar-refractivity contribution is 0.404. The molecule has 0 N–H and O–H groups in total. The molecule has 4 aromatic rings. The standard InChI is InChI=1S/C15H13N3O3S2/c1-19-10-4-5-11(20-2)13-8(10)6-12(21-13)9-7-18-14(16-9)23-15(17-18)22-3/h4-7H,1-3H3. The molecule has 4 rings (SSSR count). The number of nitrogens with zero attached hydrogens (tertiary/aromatic N) is 3. The quantitative estimate of drug-likeness (QED) is 0.521. The van der Waals surface area contributed by atoms with Crippen molar-refractivity contribution in [2.24, 2.45) is 0 Å². The molecule has 118 valence electrons. The lowest BCUT2D eigenvalue weighted by Crippen LogP contribution is -1.86. The van der Waals surface area contributed by atoms with Gasteiger partial charge in [0.05, 0.1) is 25.8 Å². The molecular weight excluding hydrogens is 334 g/mol. The molecule has 3 heterocycles. The summed E-state index contributed by atoms with van der Waals surface area (Å²) in [6.07, 6.45) is 3.86. The Kier molecular flexibility index (Phi) is 3.42. The van der Waals surface area contributed by atoms with E-state index in [0.29, 0.717) is 17.1 Å². The Labute approximate surface area is 140 Å². The van der Waals surface area contributed by atoms with Gasteiger partial charge in [-0.2, -0.15) is 0 Å². The number of fused-ring (bicyclic) bond motifs is 2. The van der Waals surface area contributed by atoms with E-state index in [1.165, 1.54) is 0 Å². The number of thioether (sulfide) groups is 1. The summed E-state index contributed by atoms with van der Waals surface area (Å²) in [7, 11) is 3.25. The molecule has 0 bridgehead atoms. The van der Waals surface area contributed by atoms with Gasteiger partial charge in [-0.15, -0.1) is 5.10 Å². The lowest BCUT2D eigenvalue weighted by Gasteiger charge is -2.03. The van der Waals surface area contributed by atoms with Crippen LogP contribution < -0.4 is 9.47 Å². The highest BCUT2D eigenvalue weighted by Crippen LogP contribution is 2.38. The van der Waals surface area contributed by atoms with E-state index in [2.05, 4.69) is 10.1 Å². The summed E-state index contributed by atoms with van der Waals surface area (Å²) in [5, 5.41) is 5.30. The number of hydrogen-bond acceptors (Lipinski definition) is 7. The van der Waals surface area contributed by atoms with Gasteiger partial charge in [0, 0.05) is 0 Å². The molecule has 0 radical (unpaired) electrons. The first kappa shape index (κ1) is 14.4. The topological polar surface area (TPSA) is 61.8 Å². The van der Waals surface area contributed by atoms with Crippen molar-refractivity contribution in [1.82, 2.24) is 14.6 Å². The molecule has 6 nitrogen and oxygen atoms in total. The Morgan fingerprint density at radius 2 is 2.00 bits per heavy atom. The summed E-state index contributed by atoms with van der Waals surface area (Å²) in [4.78, 5) is 5.42. The normalized spacial score (nSPS) is 11.4. The van der Waals surface area contributed by atoms with Crippen LogP contribution in [0.15, 0.2) is 33.2 Å². The van der Waals surface area contributed by atoms with Gasteiger partial charge < -0.3 is 13.9 Å². The van der Waals surface area contributed by atoms with E-state index in [1.807, 2.05) is 30.7 Å². The third-order valence-electron chi connectivity index (χ3n) is 3.50. The van der Waals surface area contributed by atoms with Gasteiger partial charge in [-0.05, 0) is 24.5 Å². The molecule has 0 aliphatic carbocycles. The molecule has 0 spiro atoms. The first-order chi connectivity index (χ1) is 11.2. The summed E-state index contributed by atoms with van der Waals surface area (Å²) in [5.74, 6) is 2.06. The molecule has 0 atom stereocenters. The molecule has 23 heavy (non-hydrogen) atoms. The zero-order valence-corrected chi connectivity index (χ0v) is 14.3. The summed E-state index contributed by atoms with van der Waals surface area (Å²) >= 11 is 3.15. The van der Waals surface area contributed by atoms with Crippen molar-refractivity contribution < 1.29 is 13.9 Å². The van der Waals surface area contributed by atoms with Gasteiger partial charge in [0.15, 0.2) is 21.4 Å². The third-order valence-corrected chi connectivity index (χ3v) is 5.40. The summed E-state index contributed by atoms with van der Waals surface area (Å²) in [6, 6.07) is 5.60. The second-order valence-electron chi connectivity index (χ2n) is 4.75. The SMILES string of the molecule is COc1ccc(OC)c2oc(-c3cn4nc(SC)sc4n3)cc12. The van der Waals surface area contributed by atoms with Crippen LogP contribution in [0.3, 0.4) is 0 Å². The van der Waals surface area contributed by atoms with Crippen LogP contribution in [-0.4, -0.2) is 35.1 Å². The van der Waals surface area contributed by atoms with Gasteiger partial charge in [-0.25, -0.2) is 9.50 Å². The van der Waals surface area contributed by atoms with Crippen molar-refractivity contribution in [1.29, 1.82) is 0 Å². The predicted molar refractivity (Wildman–Crippen MR) is 91.0 cm³/mol. The molecule has 0 aliphatic heterocycles. The highest BCUT2D eigenvalue weighted by atomic mass is 32.2. The van der Waals surface area contributed by atoms with Gasteiger partial charge in [0.1, 0.15) is 11.4 Å². The fourth-order valence-corrected chi connectivity index (χ4v) is 3.76.